The fourth-order valence-corrected chi connectivity index (χ4v) is 3.65. The van der Waals surface area contributed by atoms with Gasteiger partial charge < -0.3 is 29.5 Å². The molecule has 1 heterocycles. The molecule has 1 atom stereocenters. The second-order valence-corrected chi connectivity index (χ2v) is 9.06. The third-order valence-corrected chi connectivity index (χ3v) is 5.24. The molecule has 1 amide bonds. The van der Waals surface area contributed by atoms with Gasteiger partial charge in [-0.15, -0.1) is 0 Å². The summed E-state index contributed by atoms with van der Waals surface area (Å²) in [4.78, 5) is 25.3. The van der Waals surface area contributed by atoms with Gasteiger partial charge in [0.2, 0.25) is 0 Å². The van der Waals surface area contributed by atoms with Gasteiger partial charge in [-0.05, 0) is 81.7 Å². The number of nitrogens with one attached hydrogen (secondary N) is 1. The molecule has 1 aliphatic heterocycles. The Hall–Kier alpha value is -3.68. The van der Waals surface area contributed by atoms with E-state index in [0.717, 1.165) is 24.6 Å². The molecule has 0 radical (unpaired) electrons. The van der Waals surface area contributed by atoms with E-state index in [-0.39, 0.29) is 12.1 Å². The van der Waals surface area contributed by atoms with E-state index in [2.05, 4.69) is 5.32 Å². The molecule has 8 heteroatoms. The molecule has 3 rings (SSSR count). The summed E-state index contributed by atoms with van der Waals surface area (Å²) >= 11 is 0. The Labute approximate surface area is 200 Å². The number of aliphatic carboxylic acids is 1. The minimum Gasteiger partial charge on any atom is -0.497 e. The molecule has 0 aromatic heterocycles. The van der Waals surface area contributed by atoms with Crippen LogP contribution in [-0.4, -0.2) is 53.9 Å². The van der Waals surface area contributed by atoms with E-state index in [9.17, 15) is 9.59 Å². The SMILES string of the molecule is COc1ccc(Oc2cc(/C=C/C(=O)O)ccc2NCC2CCCN2C(=O)OC(C)(C)C)cc1. The Morgan fingerprint density at radius 3 is 2.50 bits per heavy atom. The van der Waals surface area contributed by atoms with Gasteiger partial charge in [-0.2, -0.15) is 0 Å². The quantitative estimate of drug-likeness (QED) is 0.501. The monoisotopic (exact) mass is 468 g/mol. The maximum atomic E-state index is 12.6. The molecule has 0 aliphatic carbocycles. The summed E-state index contributed by atoms with van der Waals surface area (Å²) in [7, 11) is 1.60. The number of carboxylic acids is 1. The van der Waals surface area contributed by atoms with E-state index in [1.807, 2.05) is 32.9 Å². The molecule has 1 aliphatic rings. The van der Waals surface area contributed by atoms with Crippen LogP contribution in [-0.2, 0) is 9.53 Å². The molecule has 2 aromatic carbocycles. The topological polar surface area (TPSA) is 97.3 Å². The van der Waals surface area contributed by atoms with Crippen LogP contribution in [0.4, 0.5) is 10.5 Å². The van der Waals surface area contributed by atoms with Crippen LogP contribution >= 0.6 is 0 Å². The van der Waals surface area contributed by atoms with Gasteiger partial charge >= 0.3 is 12.1 Å². The van der Waals surface area contributed by atoms with Crippen molar-refractivity contribution in [2.75, 3.05) is 25.5 Å². The Bertz CT molecular complexity index is 1030. The fraction of sp³-hybridized carbons (Fsp3) is 0.385. The summed E-state index contributed by atoms with van der Waals surface area (Å²) in [5.41, 5.74) is 0.878. The highest BCUT2D eigenvalue weighted by atomic mass is 16.6. The van der Waals surface area contributed by atoms with Crippen LogP contribution in [0.25, 0.3) is 6.08 Å². The first kappa shape index (κ1) is 25.0. The zero-order valence-electron chi connectivity index (χ0n) is 20.0. The molecule has 1 unspecified atom stereocenters. The van der Waals surface area contributed by atoms with Gasteiger partial charge in [0.25, 0.3) is 0 Å². The van der Waals surface area contributed by atoms with Crippen molar-refractivity contribution in [1.29, 1.82) is 0 Å². The van der Waals surface area contributed by atoms with E-state index >= 15 is 0 Å². The van der Waals surface area contributed by atoms with Gasteiger partial charge in [0.05, 0.1) is 18.8 Å². The van der Waals surface area contributed by atoms with E-state index in [1.165, 1.54) is 6.08 Å². The van der Waals surface area contributed by atoms with Gasteiger partial charge in [0.15, 0.2) is 5.75 Å². The molecule has 8 nitrogen and oxygen atoms in total. The molecule has 2 N–H and O–H groups in total. The first-order valence-electron chi connectivity index (χ1n) is 11.2. The highest BCUT2D eigenvalue weighted by Gasteiger charge is 2.32. The van der Waals surface area contributed by atoms with Crippen LogP contribution in [0.5, 0.6) is 17.2 Å². The van der Waals surface area contributed by atoms with Gasteiger partial charge in [-0.1, -0.05) is 6.07 Å². The van der Waals surface area contributed by atoms with Crippen molar-refractivity contribution >= 4 is 23.8 Å². The Balaban J connectivity index is 1.77. The number of methoxy groups -OCH3 is 1. The smallest absolute Gasteiger partial charge is 0.410 e. The third kappa shape index (κ3) is 7.16. The van der Waals surface area contributed by atoms with Crippen LogP contribution in [0.3, 0.4) is 0 Å². The minimum atomic E-state index is -1.02. The molecule has 0 bridgehead atoms. The molecule has 2 aromatic rings. The predicted molar refractivity (Wildman–Crippen MR) is 131 cm³/mol. The van der Waals surface area contributed by atoms with Crippen LogP contribution in [0.2, 0.25) is 0 Å². The minimum absolute atomic E-state index is 0.00438. The highest BCUT2D eigenvalue weighted by molar-refractivity contribution is 5.85. The molecule has 0 spiro atoms. The predicted octanol–water partition coefficient (Wildman–Crippen LogP) is 5.40. The lowest BCUT2D eigenvalue weighted by atomic mass is 10.1. The lowest BCUT2D eigenvalue weighted by Gasteiger charge is -2.29. The van der Waals surface area contributed by atoms with E-state index < -0.39 is 11.6 Å². The van der Waals surface area contributed by atoms with Crippen molar-refractivity contribution in [1.82, 2.24) is 4.90 Å². The molecular formula is C26H32N2O6. The number of carbonyl (C=O) groups excluding carboxylic acids is 1. The standard InChI is InChI=1S/C26H32N2O6/c1-26(2,3)34-25(31)28-15-5-6-19(28)17-27-22-13-7-18(8-14-24(29)30)16-23(22)33-21-11-9-20(32-4)10-12-21/h7-14,16,19,27H,5-6,15,17H2,1-4H3,(H,29,30)/b14-8+. The summed E-state index contributed by atoms with van der Waals surface area (Å²) in [6.07, 6.45) is 4.08. The molecule has 1 saturated heterocycles. The lowest BCUT2D eigenvalue weighted by molar-refractivity contribution is -0.131. The number of hydrogen-bond acceptors (Lipinski definition) is 6. The van der Waals surface area contributed by atoms with E-state index in [1.54, 1.807) is 42.3 Å². The molecule has 0 saturated carbocycles. The van der Waals surface area contributed by atoms with Crippen molar-refractivity contribution < 1.29 is 28.9 Å². The maximum absolute atomic E-state index is 12.6. The average molecular weight is 469 g/mol. The number of rotatable bonds is 8. The Morgan fingerprint density at radius 1 is 1.15 bits per heavy atom. The van der Waals surface area contributed by atoms with Crippen molar-refractivity contribution in [2.24, 2.45) is 0 Å². The third-order valence-electron chi connectivity index (χ3n) is 5.24. The second kappa shape index (κ2) is 11.0. The summed E-state index contributed by atoms with van der Waals surface area (Å²) in [6.45, 7) is 6.77. The number of likely N-dealkylation sites (tertiary alicyclic amines) is 1. The molecule has 34 heavy (non-hydrogen) atoms. The molecular weight excluding hydrogens is 436 g/mol. The summed E-state index contributed by atoms with van der Waals surface area (Å²) in [5.74, 6) is 0.842. The number of carboxylic acid groups (broad SMARTS) is 1. The summed E-state index contributed by atoms with van der Waals surface area (Å²) < 4.78 is 16.9. The molecule has 1 fully saturated rings. The zero-order valence-corrected chi connectivity index (χ0v) is 20.0. The van der Waals surface area contributed by atoms with Crippen molar-refractivity contribution in [3.63, 3.8) is 0 Å². The number of benzene rings is 2. The van der Waals surface area contributed by atoms with Crippen molar-refractivity contribution in [3.8, 4) is 17.2 Å². The summed E-state index contributed by atoms with van der Waals surface area (Å²) in [6, 6.07) is 12.6. The van der Waals surface area contributed by atoms with Gasteiger partial charge in [0, 0.05) is 19.2 Å². The van der Waals surface area contributed by atoms with Gasteiger partial charge in [-0.25, -0.2) is 9.59 Å². The largest absolute Gasteiger partial charge is 0.497 e. The first-order chi connectivity index (χ1) is 16.1. The van der Waals surface area contributed by atoms with Crippen LogP contribution < -0.4 is 14.8 Å². The lowest BCUT2D eigenvalue weighted by Crippen LogP contribution is -2.42. The zero-order chi connectivity index (χ0) is 24.7. The number of anilines is 1. The number of ether oxygens (including phenoxy) is 3. The number of amides is 1. The van der Waals surface area contributed by atoms with Crippen LogP contribution in [0, 0.1) is 0 Å². The number of hydrogen-bond donors (Lipinski definition) is 2. The normalized spacial score (nSPS) is 15.9. The van der Waals surface area contributed by atoms with E-state index in [0.29, 0.717) is 35.9 Å². The number of nitrogens with zero attached hydrogens (tertiary/aromatic N) is 1. The van der Waals surface area contributed by atoms with Crippen LogP contribution in [0.15, 0.2) is 48.5 Å². The van der Waals surface area contributed by atoms with Gasteiger partial charge in [0.1, 0.15) is 17.1 Å². The second-order valence-electron chi connectivity index (χ2n) is 9.06. The van der Waals surface area contributed by atoms with Gasteiger partial charge in [-0.3, -0.25) is 0 Å². The average Bonchev–Trinajstić information content (AvgIpc) is 3.25. The van der Waals surface area contributed by atoms with Crippen LogP contribution in [0.1, 0.15) is 39.2 Å². The highest BCUT2D eigenvalue weighted by Crippen LogP contribution is 2.33. The first-order valence-corrected chi connectivity index (χ1v) is 11.2. The molecule has 182 valence electrons. The van der Waals surface area contributed by atoms with E-state index in [4.69, 9.17) is 19.3 Å². The Kier molecular flexibility index (Phi) is 8.04. The number of carbonyl (C=O) groups is 2. The van der Waals surface area contributed by atoms with Crippen molar-refractivity contribution in [2.45, 2.75) is 45.3 Å². The summed E-state index contributed by atoms with van der Waals surface area (Å²) in [5, 5.41) is 12.3. The Morgan fingerprint density at radius 2 is 1.85 bits per heavy atom. The van der Waals surface area contributed by atoms with Crippen molar-refractivity contribution in [3.05, 3.63) is 54.1 Å². The maximum Gasteiger partial charge on any atom is 0.410 e. The fourth-order valence-electron chi connectivity index (χ4n) is 3.65.